The Hall–Kier alpha value is -0.920. The average molecular weight is 372 g/mol. The average Bonchev–Trinajstić information content (AvgIpc) is 2.53. The molecule has 5 nitrogen and oxygen atoms in total. The van der Waals surface area contributed by atoms with Crippen LogP contribution in [0.25, 0.3) is 0 Å². The summed E-state index contributed by atoms with van der Waals surface area (Å²) in [5.74, 6) is 0.445. The molecule has 1 saturated heterocycles. The van der Waals surface area contributed by atoms with Crippen LogP contribution in [0.4, 0.5) is 0 Å². The molecule has 0 spiro atoms. The van der Waals surface area contributed by atoms with Crippen LogP contribution in [0.1, 0.15) is 44.1 Å². The van der Waals surface area contributed by atoms with Crippen LogP contribution in [0.2, 0.25) is 0 Å². The molecule has 2 atom stereocenters. The number of nitrogens with zero attached hydrogens (tertiary/aromatic N) is 1. The predicted molar refractivity (Wildman–Crippen MR) is 93.2 cm³/mol. The minimum absolute atomic E-state index is 0.0591. The molecule has 0 N–H and O–H groups in total. The number of aryl methyl sites for hydroxylation is 1. The highest BCUT2D eigenvalue weighted by Gasteiger charge is 2.40. The molecule has 0 aromatic heterocycles. The van der Waals surface area contributed by atoms with Crippen LogP contribution in [0.15, 0.2) is 28.0 Å². The third-order valence-corrected chi connectivity index (χ3v) is 8.54. The molecule has 1 aliphatic carbocycles. The lowest BCUT2D eigenvalue weighted by molar-refractivity contribution is 0.129. The third-order valence-electron chi connectivity index (χ3n) is 5.37. The Balaban J connectivity index is 2.04. The lowest BCUT2D eigenvalue weighted by atomic mass is 9.79. The fraction of sp³-hybridized carbons (Fsp3) is 0.647. The Morgan fingerprint density at radius 3 is 2.38 bits per heavy atom. The number of rotatable bonds is 3. The molecule has 1 aromatic carbocycles. The molecule has 3 rings (SSSR count). The first-order valence-electron chi connectivity index (χ1n) is 8.54. The van der Waals surface area contributed by atoms with Gasteiger partial charge >= 0.3 is 0 Å². The second kappa shape index (κ2) is 6.42. The minimum Gasteiger partial charge on any atom is -0.224 e. The number of sulfone groups is 1. The molecule has 7 heteroatoms. The smallest absolute Gasteiger partial charge is 0.224 e. The summed E-state index contributed by atoms with van der Waals surface area (Å²) in [6.45, 7) is 2.26. The van der Waals surface area contributed by atoms with Crippen LogP contribution in [0, 0.1) is 12.8 Å². The van der Waals surface area contributed by atoms with E-state index in [0.29, 0.717) is 18.0 Å². The fourth-order valence-corrected chi connectivity index (χ4v) is 6.82. The second-order valence-electron chi connectivity index (χ2n) is 7.07. The quantitative estimate of drug-likeness (QED) is 0.819. The molecule has 2 fully saturated rings. The monoisotopic (exact) mass is 371 g/mol. The number of sulfonamides is 1. The van der Waals surface area contributed by atoms with Crippen molar-refractivity contribution >= 4 is 19.9 Å². The molecular weight excluding hydrogens is 346 g/mol. The van der Waals surface area contributed by atoms with E-state index in [1.54, 1.807) is 17.3 Å². The highest BCUT2D eigenvalue weighted by atomic mass is 32.2. The van der Waals surface area contributed by atoms with E-state index in [2.05, 4.69) is 0 Å². The van der Waals surface area contributed by atoms with Crippen molar-refractivity contribution < 1.29 is 16.8 Å². The summed E-state index contributed by atoms with van der Waals surface area (Å²) >= 11 is 0. The van der Waals surface area contributed by atoms with Gasteiger partial charge in [0.2, 0.25) is 10.0 Å². The van der Waals surface area contributed by atoms with Crippen molar-refractivity contribution in [2.75, 3.05) is 12.8 Å². The number of benzene rings is 1. The van der Waals surface area contributed by atoms with Crippen molar-refractivity contribution in [2.24, 2.45) is 5.92 Å². The lowest BCUT2D eigenvalue weighted by Gasteiger charge is -2.43. The predicted octanol–water partition coefficient (Wildman–Crippen LogP) is 2.74. The van der Waals surface area contributed by atoms with Gasteiger partial charge in [-0.3, -0.25) is 0 Å². The molecule has 0 amide bonds. The van der Waals surface area contributed by atoms with Gasteiger partial charge in [-0.1, -0.05) is 18.9 Å². The van der Waals surface area contributed by atoms with E-state index in [-0.39, 0.29) is 15.8 Å². The van der Waals surface area contributed by atoms with Crippen LogP contribution in [0.3, 0.4) is 0 Å². The molecular formula is C17H25NO4S2. The summed E-state index contributed by atoms with van der Waals surface area (Å²) in [5.41, 5.74) is 0.598. The van der Waals surface area contributed by atoms with Crippen LogP contribution in [0.5, 0.6) is 0 Å². The third kappa shape index (κ3) is 3.26. The van der Waals surface area contributed by atoms with Gasteiger partial charge in [-0.25, -0.2) is 16.8 Å². The zero-order valence-corrected chi connectivity index (χ0v) is 15.9. The van der Waals surface area contributed by atoms with Gasteiger partial charge in [0, 0.05) is 18.8 Å². The van der Waals surface area contributed by atoms with E-state index < -0.39 is 19.9 Å². The Morgan fingerprint density at radius 2 is 1.67 bits per heavy atom. The highest BCUT2D eigenvalue weighted by Crippen LogP contribution is 2.38. The molecule has 0 bridgehead atoms. The van der Waals surface area contributed by atoms with Crippen molar-refractivity contribution in [1.29, 1.82) is 0 Å². The first-order chi connectivity index (χ1) is 11.2. The Kier molecular flexibility index (Phi) is 4.79. The van der Waals surface area contributed by atoms with Crippen molar-refractivity contribution in [3.8, 4) is 0 Å². The molecule has 2 unspecified atom stereocenters. The maximum atomic E-state index is 13.3. The summed E-state index contributed by atoms with van der Waals surface area (Å²) in [6.07, 6.45) is 7.33. The number of piperidine rings is 1. The number of hydrogen-bond donors (Lipinski definition) is 0. The first kappa shape index (κ1) is 17.9. The summed E-state index contributed by atoms with van der Waals surface area (Å²) in [4.78, 5) is 0.195. The van der Waals surface area contributed by atoms with E-state index >= 15 is 0 Å². The van der Waals surface area contributed by atoms with Gasteiger partial charge in [-0.15, -0.1) is 0 Å². The lowest BCUT2D eigenvalue weighted by Crippen LogP contribution is -2.49. The van der Waals surface area contributed by atoms with E-state index in [1.807, 2.05) is 0 Å². The van der Waals surface area contributed by atoms with Crippen LogP contribution in [-0.4, -0.2) is 40.0 Å². The maximum Gasteiger partial charge on any atom is 0.243 e. The van der Waals surface area contributed by atoms with E-state index in [4.69, 9.17) is 0 Å². The zero-order chi connectivity index (χ0) is 17.5. The topological polar surface area (TPSA) is 71.5 Å². The van der Waals surface area contributed by atoms with Crippen molar-refractivity contribution in [3.63, 3.8) is 0 Å². The zero-order valence-electron chi connectivity index (χ0n) is 14.2. The molecule has 2 aliphatic rings. The number of hydrogen-bond acceptors (Lipinski definition) is 4. The molecule has 24 heavy (non-hydrogen) atoms. The Bertz CT molecular complexity index is 828. The molecule has 1 heterocycles. The summed E-state index contributed by atoms with van der Waals surface area (Å²) in [6, 6.07) is 4.46. The van der Waals surface area contributed by atoms with Gasteiger partial charge in [0.1, 0.15) is 0 Å². The molecule has 1 saturated carbocycles. The Labute approximate surface area is 145 Å². The summed E-state index contributed by atoms with van der Waals surface area (Å²) < 4.78 is 51.8. The first-order valence-corrected chi connectivity index (χ1v) is 11.9. The summed E-state index contributed by atoms with van der Waals surface area (Å²) in [7, 11) is -7.12. The molecule has 134 valence electrons. The van der Waals surface area contributed by atoms with Gasteiger partial charge in [-0.2, -0.15) is 4.31 Å². The maximum absolute atomic E-state index is 13.3. The SMILES string of the molecule is Cc1ccc(S(C)(=O)=O)cc1S(=O)(=O)N1CCCC2CCCCC21. The standard InChI is InChI=1S/C17H25NO4S2/c1-13-9-10-15(23(2,19)20)12-17(13)24(21,22)18-11-5-7-14-6-3-4-8-16(14)18/h9-10,12,14,16H,3-8,11H2,1-2H3. The van der Waals surface area contributed by atoms with Gasteiger partial charge in [-0.05, 0) is 56.2 Å². The van der Waals surface area contributed by atoms with Crippen molar-refractivity contribution in [3.05, 3.63) is 23.8 Å². The van der Waals surface area contributed by atoms with Gasteiger partial charge in [0.05, 0.1) is 9.79 Å². The van der Waals surface area contributed by atoms with Crippen LogP contribution in [-0.2, 0) is 19.9 Å². The molecule has 0 radical (unpaired) electrons. The van der Waals surface area contributed by atoms with Gasteiger partial charge < -0.3 is 0 Å². The van der Waals surface area contributed by atoms with E-state index in [1.165, 1.54) is 18.6 Å². The normalized spacial score (nSPS) is 26.1. The molecule has 1 aliphatic heterocycles. The number of fused-ring (bicyclic) bond motifs is 1. The molecule has 1 aromatic rings. The second-order valence-corrected chi connectivity index (χ2v) is 10.9. The highest BCUT2D eigenvalue weighted by molar-refractivity contribution is 7.91. The van der Waals surface area contributed by atoms with Crippen LogP contribution >= 0.6 is 0 Å². The van der Waals surface area contributed by atoms with Crippen molar-refractivity contribution in [1.82, 2.24) is 4.31 Å². The fourth-order valence-electron chi connectivity index (χ4n) is 4.09. The van der Waals surface area contributed by atoms with Gasteiger partial charge in [0.15, 0.2) is 9.84 Å². The van der Waals surface area contributed by atoms with Crippen molar-refractivity contribution in [2.45, 2.75) is 61.3 Å². The van der Waals surface area contributed by atoms with Crippen LogP contribution < -0.4 is 0 Å². The van der Waals surface area contributed by atoms with Gasteiger partial charge in [0.25, 0.3) is 0 Å². The van der Waals surface area contributed by atoms with E-state index in [9.17, 15) is 16.8 Å². The summed E-state index contributed by atoms with van der Waals surface area (Å²) in [5, 5.41) is 0. The minimum atomic E-state index is -3.68. The Morgan fingerprint density at radius 1 is 1.00 bits per heavy atom. The largest absolute Gasteiger partial charge is 0.243 e. The van der Waals surface area contributed by atoms with E-state index in [0.717, 1.165) is 38.4 Å².